The van der Waals surface area contributed by atoms with Crippen molar-refractivity contribution >= 4 is 44.6 Å². The normalized spacial score (nSPS) is 25.0. The van der Waals surface area contributed by atoms with Gasteiger partial charge in [0.1, 0.15) is 0 Å². The van der Waals surface area contributed by atoms with E-state index in [1.165, 1.54) is 40.8 Å². The molecule has 126 valence electrons. The maximum Gasteiger partial charge on any atom is 0.170 e. The molecule has 24 heavy (non-hydrogen) atoms. The number of thiocarbonyl (C=S) groups is 1. The topological polar surface area (TPSA) is 28.2 Å². The number of thiophene rings is 1. The minimum Gasteiger partial charge on any atom is -0.352 e. The molecule has 3 heterocycles. The largest absolute Gasteiger partial charge is 0.352 e. The number of nitrogens with one attached hydrogen (secondary N) is 1. The Labute approximate surface area is 160 Å². The maximum atomic E-state index is 5.76. The smallest absolute Gasteiger partial charge is 0.170 e. The average molecular weight is 422 g/mol. The van der Waals surface area contributed by atoms with Crippen molar-refractivity contribution in [3.05, 3.63) is 50.9 Å². The van der Waals surface area contributed by atoms with E-state index >= 15 is 0 Å². The number of halogens is 1. The summed E-state index contributed by atoms with van der Waals surface area (Å²) < 4.78 is 1.17. The first-order valence-corrected chi connectivity index (χ1v) is 10.5. The molecule has 2 aliphatic rings. The van der Waals surface area contributed by atoms with Gasteiger partial charge in [0, 0.05) is 17.1 Å². The number of pyridine rings is 1. The highest BCUT2D eigenvalue weighted by atomic mass is 79.9. The molecule has 0 bridgehead atoms. The van der Waals surface area contributed by atoms with Crippen molar-refractivity contribution < 1.29 is 0 Å². The SMILES string of the molecule is S=C1N[C@@H](c2ccccn2)[C@@H](c2ccc(Br)s2)N1C1CCCCC1. The number of hydrogen-bond donors (Lipinski definition) is 1. The van der Waals surface area contributed by atoms with Crippen LogP contribution in [0.2, 0.25) is 0 Å². The summed E-state index contributed by atoms with van der Waals surface area (Å²) in [5.74, 6) is 0. The van der Waals surface area contributed by atoms with E-state index < -0.39 is 0 Å². The standard InChI is InChI=1S/C18H20BrN3S2/c19-15-10-9-14(24-15)17-16(13-8-4-5-11-20-13)21-18(23)22(17)12-6-2-1-3-7-12/h4-5,8-12,16-17H,1-3,6-7H2,(H,21,23)/t16-,17+/m0/s1. The molecule has 2 atom stereocenters. The summed E-state index contributed by atoms with van der Waals surface area (Å²) in [6.07, 6.45) is 8.30. The van der Waals surface area contributed by atoms with Gasteiger partial charge in [-0.3, -0.25) is 4.98 Å². The molecule has 3 nitrogen and oxygen atoms in total. The minimum atomic E-state index is 0.117. The van der Waals surface area contributed by atoms with Gasteiger partial charge in [-0.25, -0.2) is 0 Å². The van der Waals surface area contributed by atoms with Crippen molar-refractivity contribution in [2.45, 2.75) is 50.2 Å². The summed E-state index contributed by atoms with van der Waals surface area (Å²) in [6, 6.07) is 11.4. The minimum absolute atomic E-state index is 0.117. The number of rotatable bonds is 3. The Hall–Kier alpha value is -0.980. The lowest BCUT2D eigenvalue weighted by molar-refractivity contribution is 0.199. The molecule has 4 rings (SSSR count). The van der Waals surface area contributed by atoms with E-state index in [2.05, 4.69) is 55.4 Å². The van der Waals surface area contributed by atoms with E-state index in [9.17, 15) is 0 Å². The van der Waals surface area contributed by atoms with Crippen molar-refractivity contribution in [3.8, 4) is 0 Å². The highest BCUT2D eigenvalue weighted by Crippen LogP contribution is 2.44. The second kappa shape index (κ2) is 7.10. The first kappa shape index (κ1) is 16.5. The van der Waals surface area contributed by atoms with Crippen LogP contribution in [0.5, 0.6) is 0 Å². The molecule has 1 saturated heterocycles. The van der Waals surface area contributed by atoms with Crippen LogP contribution in [0.1, 0.15) is 54.8 Å². The summed E-state index contributed by atoms with van der Waals surface area (Å²) >= 11 is 11.2. The molecule has 0 radical (unpaired) electrons. The van der Waals surface area contributed by atoms with E-state index in [4.69, 9.17) is 12.2 Å². The van der Waals surface area contributed by atoms with E-state index in [0.717, 1.165) is 10.8 Å². The average Bonchev–Trinajstić information content (AvgIpc) is 3.19. The highest BCUT2D eigenvalue weighted by molar-refractivity contribution is 9.11. The van der Waals surface area contributed by atoms with E-state index in [-0.39, 0.29) is 12.1 Å². The molecular weight excluding hydrogens is 402 g/mol. The van der Waals surface area contributed by atoms with Gasteiger partial charge in [0.05, 0.1) is 21.6 Å². The molecule has 1 saturated carbocycles. The van der Waals surface area contributed by atoms with Crippen molar-refractivity contribution in [1.29, 1.82) is 0 Å². The third-order valence-electron chi connectivity index (χ3n) is 4.99. The van der Waals surface area contributed by atoms with Gasteiger partial charge in [0.15, 0.2) is 5.11 Å². The van der Waals surface area contributed by atoms with Crippen molar-refractivity contribution in [1.82, 2.24) is 15.2 Å². The second-order valence-corrected chi connectivity index (χ2v) is 9.35. The van der Waals surface area contributed by atoms with Crippen LogP contribution in [0.15, 0.2) is 40.3 Å². The maximum absolute atomic E-state index is 5.76. The zero-order valence-corrected chi connectivity index (χ0v) is 16.5. The van der Waals surface area contributed by atoms with Crippen molar-refractivity contribution in [2.75, 3.05) is 0 Å². The van der Waals surface area contributed by atoms with Crippen molar-refractivity contribution in [3.63, 3.8) is 0 Å². The zero-order chi connectivity index (χ0) is 16.5. The van der Waals surface area contributed by atoms with Crippen LogP contribution in [-0.2, 0) is 0 Å². The summed E-state index contributed by atoms with van der Waals surface area (Å²) in [6.45, 7) is 0. The van der Waals surface area contributed by atoms with Gasteiger partial charge in [-0.2, -0.15) is 0 Å². The van der Waals surface area contributed by atoms with Crippen LogP contribution in [0, 0.1) is 0 Å². The van der Waals surface area contributed by atoms with Gasteiger partial charge in [-0.05, 0) is 65.3 Å². The quantitative estimate of drug-likeness (QED) is 0.688. The van der Waals surface area contributed by atoms with E-state index in [1.54, 1.807) is 11.3 Å². The zero-order valence-electron chi connectivity index (χ0n) is 13.3. The number of aromatic nitrogens is 1. The lowest BCUT2D eigenvalue weighted by Crippen LogP contribution is -2.40. The number of hydrogen-bond acceptors (Lipinski definition) is 3. The highest BCUT2D eigenvalue weighted by Gasteiger charge is 2.43. The molecule has 0 unspecified atom stereocenters. The van der Waals surface area contributed by atoms with Gasteiger partial charge < -0.3 is 10.2 Å². The first-order valence-electron chi connectivity index (χ1n) is 8.49. The molecule has 1 aliphatic heterocycles. The summed E-state index contributed by atoms with van der Waals surface area (Å²) in [5, 5.41) is 4.44. The van der Waals surface area contributed by atoms with Crippen LogP contribution < -0.4 is 5.32 Å². The fourth-order valence-electron chi connectivity index (χ4n) is 3.91. The molecule has 2 aromatic heterocycles. The van der Waals surface area contributed by atoms with Gasteiger partial charge in [-0.15, -0.1) is 11.3 Å². The Morgan fingerprint density at radius 1 is 1.17 bits per heavy atom. The molecule has 2 aromatic rings. The summed E-state index contributed by atoms with van der Waals surface area (Å²) in [7, 11) is 0. The summed E-state index contributed by atoms with van der Waals surface area (Å²) in [4.78, 5) is 8.41. The Balaban J connectivity index is 1.73. The lowest BCUT2D eigenvalue weighted by Gasteiger charge is -2.36. The Kier molecular flexibility index (Phi) is 4.88. The fourth-order valence-corrected chi connectivity index (χ4v) is 5.86. The molecule has 1 N–H and O–H groups in total. The monoisotopic (exact) mass is 421 g/mol. The molecule has 2 fully saturated rings. The predicted octanol–water partition coefficient (Wildman–Crippen LogP) is 5.21. The fraction of sp³-hybridized carbons (Fsp3) is 0.444. The third kappa shape index (κ3) is 3.11. The first-order chi connectivity index (χ1) is 11.7. The van der Waals surface area contributed by atoms with Crippen LogP contribution in [0.3, 0.4) is 0 Å². The molecule has 1 aliphatic carbocycles. The Bertz CT molecular complexity index is 712. The molecule has 0 aromatic carbocycles. The molecule has 0 spiro atoms. The van der Waals surface area contributed by atoms with Gasteiger partial charge in [0.2, 0.25) is 0 Å². The molecule has 6 heteroatoms. The van der Waals surface area contributed by atoms with Crippen LogP contribution >= 0.6 is 39.5 Å². The Morgan fingerprint density at radius 3 is 2.67 bits per heavy atom. The van der Waals surface area contributed by atoms with Gasteiger partial charge in [0.25, 0.3) is 0 Å². The predicted molar refractivity (Wildman–Crippen MR) is 106 cm³/mol. The Morgan fingerprint density at radius 2 is 2.00 bits per heavy atom. The van der Waals surface area contributed by atoms with Crippen LogP contribution in [0.4, 0.5) is 0 Å². The van der Waals surface area contributed by atoms with Gasteiger partial charge in [-0.1, -0.05) is 25.3 Å². The number of nitrogens with zero attached hydrogens (tertiary/aromatic N) is 2. The van der Waals surface area contributed by atoms with Crippen LogP contribution in [-0.4, -0.2) is 21.0 Å². The summed E-state index contributed by atoms with van der Waals surface area (Å²) in [5.41, 5.74) is 1.06. The van der Waals surface area contributed by atoms with E-state index in [1.807, 2.05) is 12.3 Å². The van der Waals surface area contributed by atoms with Gasteiger partial charge >= 0.3 is 0 Å². The van der Waals surface area contributed by atoms with Crippen molar-refractivity contribution in [2.24, 2.45) is 0 Å². The second-order valence-electron chi connectivity index (χ2n) is 6.47. The van der Waals surface area contributed by atoms with E-state index in [0.29, 0.717) is 6.04 Å². The molecule has 0 amide bonds. The molecular formula is C18H20BrN3S2. The lowest BCUT2D eigenvalue weighted by atomic mass is 9.92. The van der Waals surface area contributed by atoms with Crippen LogP contribution in [0.25, 0.3) is 0 Å². The third-order valence-corrected chi connectivity index (χ3v) is 7.01.